The van der Waals surface area contributed by atoms with E-state index in [2.05, 4.69) is 22.2 Å². The van der Waals surface area contributed by atoms with Gasteiger partial charge in [0.2, 0.25) is 5.91 Å². The average molecular weight is 428 g/mol. The Morgan fingerprint density at radius 2 is 1.56 bits per heavy atom. The third-order valence-electron chi connectivity index (χ3n) is 4.33. The maximum Gasteiger partial charge on any atom is 0.276 e. The van der Waals surface area contributed by atoms with Crippen molar-refractivity contribution in [1.82, 2.24) is 10.9 Å². The van der Waals surface area contributed by atoms with Crippen LogP contribution in [0, 0.1) is 11.3 Å². The highest BCUT2D eigenvalue weighted by molar-refractivity contribution is 5.97. The minimum atomic E-state index is -0.535. The SMILES string of the molecule is CC(=O)Nc1cccc(C(=O)NNC(=O)COc2ccc(-c3ccc(C#N)cc3)cc2)c1. The fourth-order valence-electron chi connectivity index (χ4n) is 2.81. The molecule has 0 unspecified atom stereocenters. The van der Waals surface area contributed by atoms with Crippen molar-refractivity contribution in [3.63, 3.8) is 0 Å². The molecule has 3 aromatic rings. The van der Waals surface area contributed by atoms with Crippen molar-refractivity contribution in [2.45, 2.75) is 6.92 Å². The third-order valence-corrected chi connectivity index (χ3v) is 4.33. The zero-order valence-electron chi connectivity index (χ0n) is 17.2. The molecule has 3 amide bonds. The van der Waals surface area contributed by atoms with Crippen molar-refractivity contribution in [1.29, 1.82) is 5.26 Å². The van der Waals surface area contributed by atoms with Gasteiger partial charge in [-0.1, -0.05) is 30.3 Å². The largest absolute Gasteiger partial charge is 0.484 e. The topological polar surface area (TPSA) is 120 Å². The van der Waals surface area contributed by atoms with Crippen LogP contribution in [-0.2, 0) is 9.59 Å². The minimum absolute atomic E-state index is 0.252. The fraction of sp³-hybridized carbons (Fsp3) is 0.0833. The summed E-state index contributed by atoms with van der Waals surface area (Å²) in [4.78, 5) is 35.3. The number of carbonyl (C=O) groups excluding carboxylic acids is 3. The second-order valence-electron chi connectivity index (χ2n) is 6.77. The van der Waals surface area contributed by atoms with Crippen LogP contribution >= 0.6 is 0 Å². The van der Waals surface area contributed by atoms with Crippen LogP contribution in [0.5, 0.6) is 5.75 Å². The van der Waals surface area contributed by atoms with E-state index in [9.17, 15) is 14.4 Å². The van der Waals surface area contributed by atoms with Gasteiger partial charge in [-0.2, -0.15) is 5.26 Å². The number of nitrogens with one attached hydrogen (secondary N) is 3. The van der Waals surface area contributed by atoms with Crippen molar-refractivity contribution < 1.29 is 19.1 Å². The van der Waals surface area contributed by atoms with Crippen LogP contribution in [0.15, 0.2) is 72.8 Å². The lowest BCUT2D eigenvalue weighted by Gasteiger charge is -2.10. The summed E-state index contributed by atoms with van der Waals surface area (Å²) in [6, 6.07) is 22.7. The molecule has 0 aliphatic heterocycles. The van der Waals surface area contributed by atoms with Crippen molar-refractivity contribution in [2.75, 3.05) is 11.9 Å². The van der Waals surface area contributed by atoms with Crippen molar-refractivity contribution >= 4 is 23.4 Å². The molecule has 0 heterocycles. The lowest BCUT2D eigenvalue weighted by molar-refractivity contribution is -0.123. The van der Waals surface area contributed by atoms with Gasteiger partial charge < -0.3 is 10.1 Å². The number of hydrogen-bond acceptors (Lipinski definition) is 5. The molecule has 0 radical (unpaired) electrons. The first-order valence-electron chi connectivity index (χ1n) is 9.65. The Bertz CT molecular complexity index is 1170. The van der Waals surface area contributed by atoms with Crippen LogP contribution in [0.3, 0.4) is 0 Å². The summed E-state index contributed by atoms with van der Waals surface area (Å²) in [7, 11) is 0. The number of hydrazine groups is 1. The number of anilines is 1. The predicted molar refractivity (Wildman–Crippen MR) is 118 cm³/mol. The monoisotopic (exact) mass is 428 g/mol. The van der Waals surface area contributed by atoms with Crippen molar-refractivity contribution in [2.24, 2.45) is 0 Å². The summed E-state index contributed by atoms with van der Waals surface area (Å²) in [6.07, 6.45) is 0. The standard InChI is InChI=1S/C24H20N4O4/c1-16(29)26-21-4-2-3-20(13-21)24(31)28-27-23(30)15-32-22-11-9-19(10-12-22)18-7-5-17(14-25)6-8-18/h2-13H,15H2,1H3,(H,26,29)(H,27,30)(H,28,31). The number of nitrogens with zero attached hydrogens (tertiary/aromatic N) is 1. The minimum Gasteiger partial charge on any atom is -0.484 e. The van der Waals surface area contributed by atoms with Gasteiger partial charge in [0, 0.05) is 18.2 Å². The molecule has 0 aromatic heterocycles. The van der Waals surface area contributed by atoms with Gasteiger partial charge in [0.1, 0.15) is 5.75 Å². The van der Waals surface area contributed by atoms with Crippen LogP contribution in [0.25, 0.3) is 11.1 Å². The van der Waals surface area contributed by atoms with Gasteiger partial charge in [-0.25, -0.2) is 0 Å². The summed E-state index contributed by atoms with van der Waals surface area (Å²) in [5.74, 6) is -0.824. The molecule has 3 aromatic carbocycles. The number of benzene rings is 3. The molecule has 3 rings (SSSR count). The number of ether oxygens (including phenoxy) is 1. The number of rotatable bonds is 6. The molecule has 0 fully saturated rings. The van der Waals surface area contributed by atoms with Gasteiger partial charge in [-0.05, 0) is 53.6 Å². The molecule has 0 aliphatic carbocycles. The van der Waals surface area contributed by atoms with Gasteiger partial charge in [0.25, 0.3) is 11.8 Å². The summed E-state index contributed by atoms with van der Waals surface area (Å²) in [5, 5.41) is 11.5. The average Bonchev–Trinajstić information content (AvgIpc) is 2.81. The van der Waals surface area contributed by atoms with E-state index >= 15 is 0 Å². The van der Waals surface area contributed by atoms with Crippen LogP contribution in [0.4, 0.5) is 5.69 Å². The Labute approximate surface area is 184 Å². The molecular weight excluding hydrogens is 408 g/mol. The quantitative estimate of drug-likeness (QED) is 0.521. The van der Waals surface area contributed by atoms with E-state index in [4.69, 9.17) is 10.00 Å². The smallest absolute Gasteiger partial charge is 0.276 e. The Morgan fingerprint density at radius 3 is 2.19 bits per heavy atom. The van der Waals surface area contributed by atoms with E-state index in [-0.39, 0.29) is 18.1 Å². The van der Waals surface area contributed by atoms with E-state index in [0.29, 0.717) is 17.0 Å². The van der Waals surface area contributed by atoms with Gasteiger partial charge in [-0.3, -0.25) is 25.2 Å². The van der Waals surface area contributed by atoms with E-state index < -0.39 is 11.8 Å². The highest BCUT2D eigenvalue weighted by atomic mass is 16.5. The maximum atomic E-state index is 12.2. The molecule has 0 aliphatic rings. The maximum absolute atomic E-state index is 12.2. The normalized spacial score (nSPS) is 9.88. The molecule has 3 N–H and O–H groups in total. The van der Waals surface area contributed by atoms with E-state index in [1.165, 1.54) is 13.0 Å². The molecule has 32 heavy (non-hydrogen) atoms. The van der Waals surface area contributed by atoms with Crippen LogP contribution in [0.1, 0.15) is 22.8 Å². The zero-order chi connectivity index (χ0) is 22.9. The zero-order valence-corrected chi connectivity index (χ0v) is 17.2. The van der Waals surface area contributed by atoms with Gasteiger partial charge in [-0.15, -0.1) is 0 Å². The van der Waals surface area contributed by atoms with Crippen LogP contribution in [-0.4, -0.2) is 24.3 Å². The van der Waals surface area contributed by atoms with Crippen molar-refractivity contribution in [3.05, 3.63) is 83.9 Å². The Morgan fingerprint density at radius 1 is 0.906 bits per heavy atom. The Hall–Kier alpha value is -4.64. The highest BCUT2D eigenvalue weighted by Gasteiger charge is 2.09. The van der Waals surface area contributed by atoms with Gasteiger partial charge in [0.15, 0.2) is 6.61 Å². The summed E-state index contributed by atoms with van der Waals surface area (Å²) in [6.45, 7) is 1.08. The molecule has 0 atom stereocenters. The predicted octanol–water partition coefficient (Wildman–Crippen LogP) is 3.02. The lowest BCUT2D eigenvalue weighted by atomic mass is 10.0. The number of amides is 3. The molecule has 0 spiro atoms. The first-order chi connectivity index (χ1) is 15.4. The number of hydrogen-bond donors (Lipinski definition) is 3. The summed E-state index contributed by atoms with van der Waals surface area (Å²) < 4.78 is 5.44. The van der Waals surface area contributed by atoms with E-state index in [1.54, 1.807) is 42.5 Å². The second-order valence-corrected chi connectivity index (χ2v) is 6.77. The van der Waals surface area contributed by atoms with Crippen LogP contribution in [0.2, 0.25) is 0 Å². The van der Waals surface area contributed by atoms with E-state index in [0.717, 1.165) is 11.1 Å². The Balaban J connectivity index is 1.48. The first-order valence-corrected chi connectivity index (χ1v) is 9.65. The van der Waals surface area contributed by atoms with Crippen molar-refractivity contribution in [3.8, 4) is 22.9 Å². The third kappa shape index (κ3) is 6.18. The number of nitriles is 1. The van der Waals surface area contributed by atoms with Crippen LogP contribution < -0.4 is 20.9 Å². The highest BCUT2D eigenvalue weighted by Crippen LogP contribution is 2.22. The molecule has 0 bridgehead atoms. The molecule has 160 valence electrons. The first kappa shape index (κ1) is 22.1. The molecule has 0 saturated heterocycles. The van der Waals surface area contributed by atoms with E-state index in [1.807, 2.05) is 24.3 Å². The van der Waals surface area contributed by atoms with Gasteiger partial charge in [0.05, 0.1) is 11.6 Å². The molecular formula is C24H20N4O4. The summed E-state index contributed by atoms with van der Waals surface area (Å²) in [5.41, 5.74) is 7.83. The number of carbonyl (C=O) groups is 3. The second kappa shape index (κ2) is 10.4. The molecule has 8 heteroatoms. The van der Waals surface area contributed by atoms with Gasteiger partial charge >= 0.3 is 0 Å². The fourth-order valence-corrected chi connectivity index (χ4v) is 2.81. The molecule has 0 saturated carbocycles. The summed E-state index contributed by atoms with van der Waals surface area (Å²) >= 11 is 0. The lowest BCUT2D eigenvalue weighted by Crippen LogP contribution is -2.43. The molecule has 8 nitrogen and oxygen atoms in total. The Kier molecular flexibility index (Phi) is 7.17.